The fraction of sp³-hybridized carbons (Fsp3) is 0.444. The number of sulfonamides is 1. The smallest absolute Gasteiger partial charge is 0.233 e. The summed E-state index contributed by atoms with van der Waals surface area (Å²) in [6, 6.07) is 5.06. The third-order valence-electron chi connectivity index (χ3n) is 1.72. The van der Waals surface area contributed by atoms with Crippen molar-refractivity contribution in [2.45, 2.75) is 12.8 Å². The Morgan fingerprint density at radius 2 is 2.13 bits per heavy atom. The SMILES string of the molecule is O=S(=O)(CCCCCl)Nc1ccccn1. The van der Waals surface area contributed by atoms with E-state index in [0.717, 1.165) is 0 Å². The van der Waals surface area contributed by atoms with E-state index in [1.54, 1.807) is 18.2 Å². The fourth-order valence-electron chi connectivity index (χ4n) is 1.02. The van der Waals surface area contributed by atoms with Crippen molar-refractivity contribution in [3.05, 3.63) is 24.4 Å². The number of nitrogens with one attached hydrogen (secondary N) is 1. The second kappa shape index (κ2) is 5.92. The highest BCUT2D eigenvalue weighted by molar-refractivity contribution is 7.92. The predicted octanol–water partition coefficient (Wildman–Crippen LogP) is 1.84. The molecule has 0 radical (unpaired) electrons. The topological polar surface area (TPSA) is 59.1 Å². The molecular formula is C9H13ClN2O2S. The average molecular weight is 249 g/mol. The van der Waals surface area contributed by atoms with E-state index in [1.165, 1.54) is 6.20 Å². The van der Waals surface area contributed by atoms with Gasteiger partial charge in [-0.1, -0.05) is 6.07 Å². The Bertz CT molecular complexity index is 380. The Morgan fingerprint density at radius 1 is 1.33 bits per heavy atom. The summed E-state index contributed by atoms with van der Waals surface area (Å²) < 4.78 is 25.4. The molecule has 0 fully saturated rings. The van der Waals surface area contributed by atoms with Crippen molar-refractivity contribution in [3.8, 4) is 0 Å². The maximum Gasteiger partial charge on any atom is 0.233 e. The monoisotopic (exact) mass is 248 g/mol. The molecule has 84 valence electrons. The predicted molar refractivity (Wildman–Crippen MR) is 61.6 cm³/mol. The lowest BCUT2D eigenvalue weighted by Crippen LogP contribution is -2.17. The van der Waals surface area contributed by atoms with E-state index >= 15 is 0 Å². The Kier molecular flexibility index (Phi) is 4.84. The molecule has 1 rings (SSSR count). The van der Waals surface area contributed by atoms with E-state index in [2.05, 4.69) is 9.71 Å². The van der Waals surface area contributed by atoms with Crippen LogP contribution in [-0.4, -0.2) is 25.0 Å². The minimum absolute atomic E-state index is 0.0797. The number of unbranched alkanes of at least 4 members (excludes halogenated alkanes) is 1. The van der Waals surface area contributed by atoms with E-state index in [4.69, 9.17) is 11.6 Å². The number of hydrogen-bond donors (Lipinski definition) is 1. The zero-order chi connectivity index (χ0) is 11.1. The maximum atomic E-state index is 11.5. The molecule has 1 aromatic rings. The molecule has 15 heavy (non-hydrogen) atoms. The van der Waals surface area contributed by atoms with Crippen molar-refractivity contribution in [2.75, 3.05) is 16.4 Å². The normalized spacial score (nSPS) is 11.3. The summed E-state index contributed by atoms with van der Waals surface area (Å²) in [4.78, 5) is 3.88. The van der Waals surface area contributed by atoms with Gasteiger partial charge in [0.05, 0.1) is 5.75 Å². The van der Waals surface area contributed by atoms with Crippen LogP contribution in [0.15, 0.2) is 24.4 Å². The minimum atomic E-state index is -3.28. The molecule has 4 nitrogen and oxygen atoms in total. The van der Waals surface area contributed by atoms with Crippen LogP contribution in [0.1, 0.15) is 12.8 Å². The Hall–Kier alpha value is -0.810. The molecule has 0 spiro atoms. The largest absolute Gasteiger partial charge is 0.267 e. The van der Waals surface area contributed by atoms with Crippen molar-refractivity contribution < 1.29 is 8.42 Å². The van der Waals surface area contributed by atoms with Gasteiger partial charge in [-0.25, -0.2) is 13.4 Å². The third-order valence-corrected chi connectivity index (χ3v) is 3.34. The van der Waals surface area contributed by atoms with Gasteiger partial charge in [0.15, 0.2) is 0 Å². The van der Waals surface area contributed by atoms with E-state index in [0.29, 0.717) is 24.5 Å². The zero-order valence-corrected chi connectivity index (χ0v) is 9.76. The molecule has 0 unspecified atom stereocenters. The van der Waals surface area contributed by atoms with Crippen molar-refractivity contribution in [1.82, 2.24) is 4.98 Å². The van der Waals surface area contributed by atoms with Gasteiger partial charge in [-0.15, -0.1) is 11.6 Å². The lowest BCUT2D eigenvalue weighted by Gasteiger charge is -2.05. The molecule has 0 bridgehead atoms. The van der Waals surface area contributed by atoms with Crippen LogP contribution >= 0.6 is 11.6 Å². The van der Waals surface area contributed by atoms with Crippen molar-refractivity contribution in [1.29, 1.82) is 0 Å². The summed E-state index contributed by atoms with van der Waals surface area (Å²) in [5, 5.41) is 0. The van der Waals surface area contributed by atoms with Gasteiger partial charge in [0.1, 0.15) is 5.82 Å². The highest BCUT2D eigenvalue weighted by Crippen LogP contribution is 2.05. The molecule has 6 heteroatoms. The van der Waals surface area contributed by atoms with Gasteiger partial charge < -0.3 is 0 Å². The molecule has 0 amide bonds. The Balaban J connectivity index is 2.50. The molecule has 0 aliphatic carbocycles. The van der Waals surface area contributed by atoms with E-state index in [1.807, 2.05) is 0 Å². The molecule has 0 aromatic carbocycles. The van der Waals surface area contributed by atoms with E-state index < -0.39 is 10.0 Å². The number of rotatable bonds is 6. The molecule has 0 aliphatic rings. The van der Waals surface area contributed by atoms with Crippen LogP contribution < -0.4 is 4.72 Å². The molecule has 1 heterocycles. The summed E-state index contributed by atoms with van der Waals surface area (Å²) in [6.07, 6.45) is 2.80. The Morgan fingerprint density at radius 3 is 2.73 bits per heavy atom. The molecule has 0 aliphatic heterocycles. The molecule has 1 N–H and O–H groups in total. The molecule has 0 saturated carbocycles. The summed E-state index contributed by atoms with van der Waals surface area (Å²) in [5.41, 5.74) is 0. The van der Waals surface area contributed by atoms with Crippen LogP contribution in [0.25, 0.3) is 0 Å². The first-order valence-corrected chi connectivity index (χ1v) is 6.80. The van der Waals surface area contributed by atoms with Crippen LogP contribution in [-0.2, 0) is 10.0 Å². The first-order chi connectivity index (χ1) is 7.14. The van der Waals surface area contributed by atoms with E-state index in [-0.39, 0.29) is 5.75 Å². The van der Waals surface area contributed by atoms with Gasteiger partial charge in [0.2, 0.25) is 10.0 Å². The van der Waals surface area contributed by atoms with Crippen LogP contribution in [0.5, 0.6) is 0 Å². The van der Waals surface area contributed by atoms with Gasteiger partial charge in [-0.3, -0.25) is 4.72 Å². The lowest BCUT2D eigenvalue weighted by atomic mass is 10.4. The van der Waals surface area contributed by atoms with Gasteiger partial charge in [-0.05, 0) is 25.0 Å². The first-order valence-electron chi connectivity index (χ1n) is 4.61. The van der Waals surface area contributed by atoms with Crippen LogP contribution in [0.3, 0.4) is 0 Å². The number of hydrogen-bond acceptors (Lipinski definition) is 3. The molecule has 0 atom stereocenters. The molecular weight excluding hydrogens is 236 g/mol. The second-order valence-corrected chi connectivity index (χ2v) is 5.25. The number of pyridine rings is 1. The summed E-state index contributed by atoms with van der Waals surface area (Å²) in [5.74, 6) is 0.915. The summed E-state index contributed by atoms with van der Waals surface area (Å²) >= 11 is 5.46. The number of halogens is 1. The average Bonchev–Trinajstić information content (AvgIpc) is 2.18. The highest BCUT2D eigenvalue weighted by atomic mass is 35.5. The van der Waals surface area contributed by atoms with Gasteiger partial charge in [-0.2, -0.15) is 0 Å². The van der Waals surface area contributed by atoms with Crippen molar-refractivity contribution in [2.24, 2.45) is 0 Å². The lowest BCUT2D eigenvalue weighted by molar-refractivity contribution is 0.598. The number of alkyl halides is 1. The molecule has 1 aromatic heterocycles. The van der Waals surface area contributed by atoms with Crippen LogP contribution in [0.2, 0.25) is 0 Å². The highest BCUT2D eigenvalue weighted by Gasteiger charge is 2.09. The van der Waals surface area contributed by atoms with Crippen LogP contribution in [0, 0.1) is 0 Å². The number of nitrogens with zero attached hydrogens (tertiary/aromatic N) is 1. The van der Waals surface area contributed by atoms with E-state index in [9.17, 15) is 8.42 Å². The second-order valence-electron chi connectivity index (χ2n) is 3.03. The number of anilines is 1. The number of aromatic nitrogens is 1. The first kappa shape index (κ1) is 12.3. The summed E-state index contributed by atoms with van der Waals surface area (Å²) in [6.45, 7) is 0. The third kappa shape index (κ3) is 4.99. The van der Waals surface area contributed by atoms with Gasteiger partial charge >= 0.3 is 0 Å². The molecule has 0 saturated heterocycles. The quantitative estimate of drug-likeness (QED) is 0.617. The standard InChI is InChI=1S/C9H13ClN2O2S/c10-6-2-4-8-15(13,14)12-9-5-1-3-7-11-9/h1,3,5,7H,2,4,6,8H2,(H,11,12). The van der Waals surface area contributed by atoms with Gasteiger partial charge in [0, 0.05) is 12.1 Å². The zero-order valence-electron chi connectivity index (χ0n) is 8.19. The maximum absolute atomic E-state index is 11.5. The summed E-state index contributed by atoms with van der Waals surface area (Å²) in [7, 11) is -3.28. The van der Waals surface area contributed by atoms with Crippen molar-refractivity contribution >= 4 is 27.4 Å². The fourth-order valence-corrected chi connectivity index (χ4v) is 2.33. The van der Waals surface area contributed by atoms with Crippen LogP contribution in [0.4, 0.5) is 5.82 Å². The van der Waals surface area contributed by atoms with Gasteiger partial charge in [0.25, 0.3) is 0 Å². The Labute approximate surface area is 94.7 Å². The minimum Gasteiger partial charge on any atom is -0.267 e. The van der Waals surface area contributed by atoms with Crippen molar-refractivity contribution in [3.63, 3.8) is 0 Å².